The highest BCUT2D eigenvalue weighted by Gasteiger charge is 2.31. The third-order valence-electron chi connectivity index (χ3n) is 6.12. The van der Waals surface area contributed by atoms with Gasteiger partial charge in [-0.3, -0.25) is 9.78 Å². The third-order valence-corrected chi connectivity index (χ3v) is 6.12. The molecule has 3 heterocycles. The van der Waals surface area contributed by atoms with E-state index in [0.717, 1.165) is 23.3 Å². The van der Waals surface area contributed by atoms with E-state index >= 15 is 0 Å². The predicted octanol–water partition coefficient (Wildman–Crippen LogP) is 6.26. The minimum atomic E-state index is -4.60. The predicted molar refractivity (Wildman–Crippen MR) is 145 cm³/mol. The lowest BCUT2D eigenvalue weighted by Crippen LogP contribution is -2.16. The van der Waals surface area contributed by atoms with Crippen LogP contribution in [0, 0.1) is 6.92 Å². The van der Waals surface area contributed by atoms with Gasteiger partial charge in [0, 0.05) is 53.0 Å². The summed E-state index contributed by atoms with van der Waals surface area (Å²) < 4.78 is 42.5. The molecule has 0 saturated carbocycles. The van der Waals surface area contributed by atoms with E-state index in [2.05, 4.69) is 30.6 Å². The molecule has 5 rings (SSSR count). The lowest BCUT2D eigenvalue weighted by Gasteiger charge is -2.14. The fourth-order valence-electron chi connectivity index (χ4n) is 4.06. The lowest BCUT2D eigenvalue weighted by molar-refractivity contribution is -0.137. The Hall–Kier alpha value is -5.06. The number of hydrogen-bond donors (Lipinski definition) is 2. The zero-order valence-electron chi connectivity index (χ0n) is 21.6. The summed E-state index contributed by atoms with van der Waals surface area (Å²) in [6.07, 6.45) is 9.03. The molecular weight excluding hydrogens is 519 g/mol. The first-order valence-electron chi connectivity index (χ1n) is 12.3. The fourth-order valence-corrected chi connectivity index (χ4v) is 4.06. The Labute approximate surface area is 228 Å². The highest BCUT2D eigenvalue weighted by atomic mass is 19.4. The molecule has 0 radical (unpaired) electrons. The second kappa shape index (κ2) is 11.0. The van der Waals surface area contributed by atoms with Crippen molar-refractivity contribution in [3.63, 3.8) is 0 Å². The molecule has 11 heteroatoms. The van der Waals surface area contributed by atoms with E-state index in [4.69, 9.17) is 0 Å². The number of benzene rings is 1. The van der Waals surface area contributed by atoms with Crippen LogP contribution in [0.3, 0.4) is 0 Å². The Morgan fingerprint density at radius 3 is 2.65 bits per heavy atom. The number of anilines is 2. The molecule has 0 spiro atoms. The summed E-state index contributed by atoms with van der Waals surface area (Å²) in [7, 11) is 0. The third kappa shape index (κ3) is 6.15. The van der Waals surface area contributed by atoms with Crippen LogP contribution in [0.25, 0.3) is 16.9 Å². The number of rotatable bonds is 6. The first kappa shape index (κ1) is 26.5. The van der Waals surface area contributed by atoms with Crippen molar-refractivity contribution in [2.45, 2.75) is 26.4 Å². The standard InChI is InChI=1S/C29H24F3N7O/c1-18-5-3-6-20(11-26(18)38-28-34-10-8-25(37-28)21-7-4-9-33-15-21)27(40)36-23-12-22(29(30,31)32)13-24(14-23)39-16-19(2)35-17-39/h3-4,6-17H,5H2,1-2H3,(H,36,40)(H,34,37,38). The molecule has 0 saturated heterocycles. The number of pyridine rings is 1. The van der Waals surface area contributed by atoms with Crippen molar-refractivity contribution in [3.8, 4) is 16.9 Å². The molecule has 1 aliphatic rings. The molecule has 4 aromatic rings. The summed E-state index contributed by atoms with van der Waals surface area (Å²) in [5.41, 5.74) is 3.26. The number of amides is 1. The summed E-state index contributed by atoms with van der Waals surface area (Å²) in [6.45, 7) is 3.64. The number of alkyl halides is 3. The van der Waals surface area contributed by atoms with Crippen LogP contribution >= 0.6 is 0 Å². The monoisotopic (exact) mass is 543 g/mol. The second-order valence-electron chi connectivity index (χ2n) is 9.18. The van der Waals surface area contributed by atoms with E-state index in [-0.39, 0.29) is 16.9 Å². The fraction of sp³-hybridized carbons (Fsp3) is 0.138. The first-order chi connectivity index (χ1) is 19.2. The van der Waals surface area contributed by atoms with Crippen LogP contribution in [-0.2, 0) is 11.0 Å². The molecule has 0 unspecified atom stereocenters. The SMILES string of the molecule is CC1=C(Nc2nccc(-c3cccnc3)n2)C=C(C(=O)Nc2cc(-n3cnc(C)c3)cc(C(F)(F)F)c2)C=CC1. The highest BCUT2D eigenvalue weighted by molar-refractivity contribution is 6.06. The number of carbonyl (C=O) groups excluding carboxylic acids is 1. The van der Waals surface area contributed by atoms with Crippen molar-refractivity contribution in [1.82, 2.24) is 24.5 Å². The number of halogens is 3. The van der Waals surface area contributed by atoms with Crippen molar-refractivity contribution in [3.05, 3.63) is 114 Å². The lowest BCUT2D eigenvalue weighted by atomic mass is 10.1. The van der Waals surface area contributed by atoms with E-state index in [1.165, 1.54) is 17.0 Å². The molecule has 1 aliphatic carbocycles. The molecule has 2 N–H and O–H groups in total. The average Bonchev–Trinajstić information content (AvgIpc) is 3.29. The highest BCUT2D eigenvalue weighted by Crippen LogP contribution is 2.33. The number of imidazole rings is 1. The maximum atomic E-state index is 13.7. The summed E-state index contributed by atoms with van der Waals surface area (Å²) in [5.74, 6) is -0.242. The molecule has 0 aliphatic heterocycles. The number of aryl methyl sites for hydroxylation is 1. The van der Waals surface area contributed by atoms with Crippen molar-refractivity contribution in [1.29, 1.82) is 0 Å². The molecule has 8 nitrogen and oxygen atoms in total. The van der Waals surface area contributed by atoms with E-state index in [0.29, 0.717) is 29.5 Å². The average molecular weight is 544 g/mol. The zero-order valence-corrected chi connectivity index (χ0v) is 21.6. The summed E-state index contributed by atoms with van der Waals surface area (Å²) in [6, 6.07) is 8.84. The molecule has 40 heavy (non-hydrogen) atoms. The van der Waals surface area contributed by atoms with Crippen molar-refractivity contribution < 1.29 is 18.0 Å². The van der Waals surface area contributed by atoms with Crippen LogP contribution in [0.1, 0.15) is 24.6 Å². The number of hydrogen-bond acceptors (Lipinski definition) is 6. The molecular formula is C29H24F3N7O. The van der Waals surface area contributed by atoms with Gasteiger partial charge >= 0.3 is 6.18 Å². The van der Waals surface area contributed by atoms with Crippen LogP contribution in [0.2, 0.25) is 0 Å². The minimum Gasteiger partial charge on any atom is -0.324 e. The summed E-state index contributed by atoms with van der Waals surface area (Å²) in [5, 5.41) is 5.79. The Balaban J connectivity index is 1.41. The summed E-state index contributed by atoms with van der Waals surface area (Å²) in [4.78, 5) is 30.3. The summed E-state index contributed by atoms with van der Waals surface area (Å²) >= 11 is 0. The smallest absolute Gasteiger partial charge is 0.324 e. The van der Waals surface area contributed by atoms with Crippen LogP contribution in [-0.4, -0.2) is 30.4 Å². The number of aromatic nitrogens is 5. The van der Waals surface area contributed by atoms with Crippen LogP contribution < -0.4 is 10.6 Å². The number of nitrogens with zero attached hydrogens (tertiary/aromatic N) is 5. The van der Waals surface area contributed by atoms with Gasteiger partial charge in [-0.1, -0.05) is 12.2 Å². The van der Waals surface area contributed by atoms with Crippen molar-refractivity contribution in [2.75, 3.05) is 10.6 Å². The Kier molecular flexibility index (Phi) is 7.28. The molecule has 3 aromatic heterocycles. The normalized spacial score (nSPS) is 13.6. The van der Waals surface area contributed by atoms with Gasteiger partial charge in [0.1, 0.15) is 0 Å². The van der Waals surface area contributed by atoms with E-state index in [1.807, 2.05) is 25.1 Å². The molecule has 0 bridgehead atoms. The molecule has 0 fully saturated rings. The number of allylic oxidation sites excluding steroid dienone is 3. The van der Waals surface area contributed by atoms with Gasteiger partial charge in [-0.2, -0.15) is 13.2 Å². The van der Waals surface area contributed by atoms with Gasteiger partial charge < -0.3 is 15.2 Å². The molecule has 0 atom stereocenters. The Morgan fingerprint density at radius 2 is 1.93 bits per heavy atom. The van der Waals surface area contributed by atoms with E-state index in [9.17, 15) is 18.0 Å². The van der Waals surface area contributed by atoms with Gasteiger partial charge in [0.25, 0.3) is 5.91 Å². The van der Waals surface area contributed by atoms with Gasteiger partial charge in [-0.05, 0) is 68.3 Å². The van der Waals surface area contributed by atoms with Crippen LogP contribution in [0.5, 0.6) is 0 Å². The van der Waals surface area contributed by atoms with Crippen LogP contribution in [0.4, 0.5) is 24.8 Å². The van der Waals surface area contributed by atoms with E-state index < -0.39 is 17.6 Å². The molecule has 1 amide bonds. The van der Waals surface area contributed by atoms with Crippen molar-refractivity contribution >= 4 is 17.5 Å². The minimum absolute atomic E-state index is 0.00226. The van der Waals surface area contributed by atoms with Gasteiger partial charge in [0.05, 0.1) is 23.3 Å². The Morgan fingerprint density at radius 1 is 1.07 bits per heavy atom. The number of carbonyl (C=O) groups is 1. The molecule has 202 valence electrons. The van der Waals surface area contributed by atoms with Gasteiger partial charge in [-0.15, -0.1) is 0 Å². The topological polar surface area (TPSA) is 97.6 Å². The van der Waals surface area contributed by atoms with Gasteiger partial charge in [-0.25, -0.2) is 15.0 Å². The zero-order chi connectivity index (χ0) is 28.3. The van der Waals surface area contributed by atoms with Crippen LogP contribution in [0.15, 0.2) is 103 Å². The Bertz CT molecular complexity index is 1650. The first-order valence-corrected chi connectivity index (χ1v) is 12.3. The van der Waals surface area contributed by atoms with E-state index in [1.54, 1.807) is 49.9 Å². The quantitative estimate of drug-likeness (QED) is 0.298. The second-order valence-corrected chi connectivity index (χ2v) is 9.18. The largest absolute Gasteiger partial charge is 0.416 e. The number of nitrogens with one attached hydrogen (secondary N) is 2. The van der Waals surface area contributed by atoms with Crippen molar-refractivity contribution in [2.24, 2.45) is 0 Å². The van der Waals surface area contributed by atoms with Gasteiger partial charge in [0.2, 0.25) is 5.95 Å². The van der Waals surface area contributed by atoms with Gasteiger partial charge in [0.15, 0.2) is 0 Å². The molecule has 1 aromatic carbocycles. The maximum absolute atomic E-state index is 13.7. The maximum Gasteiger partial charge on any atom is 0.416 e.